The minimum absolute atomic E-state index is 0.0783. The third kappa shape index (κ3) is 4.82. The molecule has 0 aliphatic heterocycles. The molecule has 7 nitrogen and oxygen atoms in total. The number of hydrogen-bond acceptors (Lipinski definition) is 4. The van der Waals surface area contributed by atoms with Crippen molar-refractivity contribution in [2.45, 2.75) is 19.9 Å². The fourth-order valence-corrected chi connectivity index (χ4v) is 2.06. The lowest BCUT2D eigenvalue weighted by molar-refractivity contribution is -0.141. The van der Waals surface area contributed by atoms with Gasteiger partial charge in [0.1, 0.15) is 11.7 Å². The van der Waals surface area contributed by atoms with E-state index in [4.69, 9.17) is 5.11 Å². The van der Waals surface area contributed by atoms with Gasteiger partial charge in [-0.1, -0.05) is 0 Å². The Bertz CT molecular complexity index is 550. The molecule has 1 rings (SSSR count). The zero-order valence-corrected chi connectivity index (χ0v) is 13.3. The summed E-state index contributed by atoms with van der Waals surface area (Å²) in [7, 11) is 0. The smallest absolute Gasteiger partial charge is 0.326 e. The molecule has 1 heterocycles. The van der Waals surface area contributed by atoms with E-state index in [9.17, 15) is 14.4 Å². The van der Waals surface area contributed by atoms with Gasteiger partial charge in [-0.05, 0) is 35.0 Å². The molecule has 21 heavy (non-hydrogen) atoms. The number of nitrogens with zero attached hydrogens (tertiary/aromatic N) is 2. The average Bonchev–Trinajstić information content (AvgIpc) is 2.42. The second kappa shape index (κ2) is 7.72. The van der Waals surface area contributed by atoms with Gasteiger partial charge >= 0.3 is 5.97 Å². The van der Waals surface area contributed by atoms with Crippen LogP contribution in [-0.4, -0.2) is 51.9 Å². The van der Waals surface area contributed by atoms with Crippen molar-refractivity contribution < 1.29 is 19.5 Å². The van der Waals surface area contributed by atoms with Crippen LogP contribution in [0.25, 0.3) is 0 Å². The molecule has 0 spiro atoms. The number of carboxylic acid groups (broad SMARTS) is 1. The molecule has 2 amide bonds. The predicted molar refractivity (Wildman–Crippen MR) is 78.8 cm³/mol. The van der Waals surface area contributed by atoms with E-state index >= 15 is 0 Å². The molecule has 1 aromatic rings. The summed E-state index contributed by atoms with van der Waals surface area (Å²) in [6, 6.07) is 2.28. The number of rotatable bonds is 6. The van der Waals surface area contributed by atoms with Crippen molar-refractivity contribution in [3.05, 3.63) is 28.5 Å². The van der Waals surface area contributed by atoms with E-state index in [0.29, 0.717) is 4.47 Å². The number of hydrogen-bond donors (Lipinski definition) is 2. The summed E-state index contributed by atoms with van der Waals surface area (Å²) in [5.74, 6) is -1.88. The van der Waals surface area contributed by atoms with Gasteiger partial charge in [0.2, 0.25) is 5.91 Å². The van der Waals surface area contributed by atoms with Crippen LogP contribution in [0.1, 0.15) is 24.3 Å². The highest BCUT2D eigenvalue weighted by molar-refractivity contribution is 9.10. The molecular weight excluding hydrogens is 342 g/mol. The standard InChI is InChI=1S/C13H16BrN3O4/c1-8(13(20)21)17(7-6-15-9(2)18)12(19)11-10(14)4-3-5-16-11/h3-5,8H,6-7H2,1-2H3,(H,15,18)(H,20,21). The second-order valence-electron chi connectivity index (χ2n) is 4.33. The molecule has 0 radical (unpaired) electrons. The molecule has 0 saturated carbocycles. The molecule has 0 aliphatic carbocycles. The van der Waals surface area contributed by atoms with Gasteiger partial charge in [-0.15, -0.1) is 0 Å². The van der Waals surface area contributed by atoms with Gasteiger partial charge in [-0.3, -0.25) is 9.59 Å². The second-order valence-corrected chi connectivity index (χ2v) is 5.18. The fourth-order valence-electron chi connectivity index (χ4n) is 1.64. The Morgan fingerprint density at radius 3 is 2.67 bits per heavy atom. The van der Waals surface area contributed by atoms with Crippen molar-refractivity contribution in [2.75, 3.05) is 13.1 Å². The Labute approximate surface area is 130 Å². The van der Waals surface area contributed by atoms with Gasteiger partial charge in [0.15, 0.2) is 0 Å². The summed E-state index contributed by atoms with van der Waals surface area (Å²) in [6.07, 6.45) is 1.45. The van der Waals surface area contributed by atoms with Crippen molar-refractivity contribution in [2.24, 2.45) is 0 Å². The van der Waals surface area contributed by atoms with E-state index in [1.54, 1.807) is 12.1 Å². The van der Waals surface area contributed by atoms with Gasteiger partial charge in [-0.25, -0.2) is 9.78 Å². The highest BCUT2D eigenvalue weighted by Gasteiger charge is 2.28. The first kappa shape index (κ1) is 17.1. The van der Waals surface area contributed by atoms with Crippen molar-refractivity contribution in [1.82, 2.24) is 15.2 Å². The van der Waals surface area contributed by atoms with Crippen LogP contribution in [0.5, 0.6) is 0 Å². The van der Waals surface area contributed by atoms with E-state index in [1.165, 1.54) is 20.0 Å². The fraction of sp³-hybridized carbons (Fsp3) is 0.385. The van der Waals surface area contributed by atoms with E-state index in [1.807, 2.05) is 0 Å². The van der Waals surface area contributed by atoms with Crippen LogP contribution < -0.4 is 5.32 Å². The Morgan fingerprint density at radius 2 is 2.14 bits per heavy atom. The van der Waals surface area contributed by atoms with Crippen LogP contribution >= 0.6 is 15.9 Å². The molecule has 0 aliphatic rings. The van der Waals surface area contributed by atoms with Gasteiger partial charge in [0.05, 0.1) is 0 Å². The zero-order valence-electron chi connectivity index (χ0n) is 11.7. The Balaban J connectivity index is 2.95. The molecule has 2 N–H and O–H groups in total. The number of aliphatic carboxylic acids is 1. The van der Waals surface area contributed by atoms with Crippen molar-refractivity contribution in [3.8, 4) is 0 Å². The number of amides is 2. The first-order chi connectivity index (χ1) is 9.84. The number of carboxylic acids is 1. The maximum Gasteiger partial charge on any atom is 0.326 e. The SMILES string of the molecule is CC(=O)NCCN(C(=O)c1ncccc1Br)C(C)C(=O)O. The number of carbonyl (C=O) groups is 3. The minimum atomic E-state index is -1.13. The lowest BCUT2D eigenvalue weighted by Crippen LogP contribution is -2.47. The largest absolute Gasteiger partial charge is 0.480 e. The molecule has 0 aromatic carbocycles. The van der Waals surface area contributed by atoms with Crippen molar-refractivity contribution in [3.63, 3.8) is 0 Å². The zero-order chi connectivity index (χ0) is 16.0. The van der Waals surface area contributed by atoms with Gasteiger partial charge in [-0.2, -0.15) is 0 Å². The van der Waals surface area contributed by atoms with Gasteiger partial charge in [0, 0.05) is 30.7 Å². The Kier molecular flexibility index (Phi) is 6.29. The summed E-state index contributed by atoms with van der Waals surface area (Å²) in [5.41, 5.74) is 0.133. The third-order valence-electron chi connectivity index (χ3n) is 2.77. The number of carbonyl (C=O) groups excluding carboxylic acids is 2. The maximum absolute atomic E-state index is 12.4. The Hall–Kier alpha value is -1.96. The molecule has 0 fully saturated rings. The summed E-state index contributed by atoms with van der Waals surface area (Å²) < 4.78 is 0.483. The molecule has 114 valence electrons. The van der Waals surface area contributed by atoms with E-state index in [0.717, 1.165) is 4.90 Å². The summed E-state index contributed by atoms with van der Waals surface area (Å²) in [5, 5.41) is 11.6. The quantitative estimate of drug-likeness (QED) is 0.787. The topological polar surface area (TPSA) is 99.6 Å². The third-order valence-corrected chi connectivity index (χ3v) is 3.41. The molecule has 1 unspecified atom stereocenters. The maximum atomic E-state index is 12.4. The Morgan fingerprint density at radius 1 is 1.48 bits per heavy atom. The molecule has 0 saturated heterocycles. The lowest BCUT2D eigenvalue weighted by atomic mass is 10.2. The van der Waals surface area contributed by atoms with Crippen LogP contribution in [-0.2, 0) is 9.59 Å². The van der Waals surface area contributed by atoms with Crippen LogP contribution in [0, 0.1) is 0 Å². The van der Waals surface area contributed by atoms with Crippen molar-refractivity contribution in [1.29, 1.82) is 0 Å². The lowest BCUT2D eigenvalue weighted by Gasteiger charge is -2.26. The van der Waals surface area contributed by atoms with Gasteiger partial charge in [0.25, 0.3) is 5.91 Å². The number of aromatic nitrogens is 1. The first-order valence-electron chi connectivity index (χ1n) is 6.23. The molecule has 0 bridgehead atoms. The van der Waals surface area contributed by atoms with E-state index < -0.39 is 17.9 Å². The van der Waals surface area contributed by atoms with Crippen LogP contribution in [0.4, 0.5) is 0 Å². The van der Waals surface area contributed by atoms with Gasteiger partial charge < -0.3 is 15.3 Å². The van der Waals surface area contributed by atoms with E-state index in [2.05, 4.69) is 26.2 Å². The minimum Gasteiger partial charge on any atom is -0.480 e. The average molecular weight is 358 g/mol. The predicted octanol–water partition coefficient (Wildman–Crippen LogP) is 0.895. The van der Waals surface area contributed by atoms with E-state index in [-0.39, 0.29) is 24.7 Å². The highest BCUT2D eigenvalue weighted by atomic mass is 79.9. The van der Waals surface area contributed by atoms with Crippen LogP contribution in [0.3, 0.4) is 0 Å². The normalized spacial score (nSPS) is 11.6. The monoisotopic (exact) mass is 357 g/mol. The summed E-state index contributed by atoms with van der Waals surface area (Å²) >= 11 is 3.22. The van der Waals surface area contributed by atoms with Crippen LogP contribution in [0.15, 0.2) is 22.8 Å². The molecule has 1 atom stereocenters. The van der Waals surface area contributed by atoms with Crippen LogP contribution in [0.2, 0.25) is 0 Å². The summed E-state index contributed by atoms with van der Waals surface area (Å²) in [6.45, 7) is 3.00. The molecular formula is C13H16BrN3O4. The number of pyridine rings is 1. The number of halogens is 1. The van der Waals surface area contributed by atoms with Crippen molar-refractivity contribution >= 4 is 33.7 Å². The first-order valence-corrected chi connectivity index (χ1v) is 7.02. The number of nitrogens with one attached hydrogen (secondary N) is 1. The summed E-state index contributed by atoms with van der Waals surface area (Å²) in [4.78, 5) is 39.6. The molecule has 8 heteroatoms. The highest BCUT2D eigenvalue weighted by Crippen LogP contribution is 2.16. The molecule has 1 aromatic heterocycles.